The third-order valence-electron chi connectivity index (χ3n) is 6.08. The molecular weight excluding hydrogens is 559 g/mol. The van der Waals surface area contributed by atoms with Gasteiger partial charge < -0.3 is 10.2 Å². The molecule has 0 aliphatic heterocycles. The van der Waals surface area contributed by atoms with E-state index < -0.39 is 28.7 Å². The molecule has 0 radical (unpaired) electrons. The molecule has 0 heterocycles. The highest BCUT2D eigenvalue weighted by Crippen LogP contribution is 2.28. The Morgan fingerprint density at radius 2 is 1.44 bits per heavy atom. The molecule has 0 fully saturated rings. The van der Waals surface area contributed by atoms with E-state index in [0.717, 1.165) is 14.2 Å². The van der Waals surface area contributed by atoms with Gasteiger partial charge in [-0.05, 0) is 36.8 Å². The quantitative estimate of drug-likeness (QED) is 0.339. The van der Waals surface area contributed by atoms with Gasteiger partial charge in [-0.2, -0.15) is 12.7 Å². The van der Waals surface area contributed by atoms with E-state index >= 15 is 0 Å². The molecule has 0 aliphatic rings. The lowest BCUT2D eigenvalue weighted by atomic mass is 10.0. The lowest BCUT2D eigenvalue weighted by molar-refractivity contribution is -0.140. The van der Waals surface area contributed by atoms with Gasteiger partial charge in [-0.1, -0.05) is 77.8 Å². The first-order valence-corrected chi connectivity index (χ1v) is 14.5. The fourth-order valence-corrected chi connectivity index (χ4v) is 5.58. The summed E-state index contributed by atoms with van der Waals surface area (Å²) < 4.78 is 28.7. The first-order valence-electron chi connectivity index (χ1n) is 12.4. The van der Waals surface area contributed by atoms with Crippen molar-refractivity contribution in [3.05, 3.63) is 100 Å². The number of nitrogens with zero attached hydrogens (tertiary/aromatic N) is 3. The number of hydrogen-bond donors (Lipinski definition) is 1. The van der Waals surface area contributed by atoms with E-state index in [0.29, 0.717) is 27.8 Å². The second kappa shape index (κ2) is 13.8. The molecule has 1 N–H and O–H groups in total. The molecule has 0 aliphatic carbocycles. The standard InChI is InChI=1S/C28H32Cl2N4O4S/c1-4-31-28(36)26(18-21-12-7-5-8-13-21)33(19-23-24(29)16-11-17-25(23)30)27(35)20-34(39(37,38)32(2)3)22-14-9-6-10-15-22/h5-17,26H,4,18-20H2,1-3H3,(H,31,36). The molecule has 3 aromatic rings. The third kappa shape index (κ3) is 7.73. The van der Waals surface area contributed by atoms with Gasteiger partial charge in [0.05, 0.1) is 5.69 Å². The molecule has 0 aromatic heterocycles. The van der Waals surface area contributed by atoms with Crippen molar-refractivity contribution in [2.24, 2.45) is 0 Å². The number of halogens is 2. The Bertz CT molecular complexity index is 1350. The summed E-state index contributed by atoms with van der Waals surface area (Å²) in [4.78, 5) is 28.9. The number of carbonyl (C=O) groups is 2. The van der Waals surface area contributed by atoms with Gasteiger partial charge >= 0.3 is 10.2 Å². The van der Waals surface area contributed by atoms with Gasteiger partial charge in [-0.15, -0.1) is 0 Å². The van der Waals surface area contributed by atoms with Crippen molar-refractivity contribution < 1.29 is 18.0 Å². The monoisotopic (exact) mass is 590 g/mol. The van der Waals surface area contributed by atoms with Crippen LogP contribution >= 0.6 is 23.2 Å². The highest BCUT2D eigenvalue weighted by Gasteiger charge is 2.35. The summed E-state index contributed by atoms with van der Waals surface area (Å²) in [6, 6.07) is 21.6. The lowest BCUT2D eigenvalue weighted by Crippen LogP contribution is -2.54. The number of likely N-dealkylation sites (N-methyl/N-ethyl adjacent to an activating group) is 1. The smallest absolute Gasteiger partial charge is 0.304 e. The summed E-state index contributed by atoms with van der Waals surface area (Å²) >= 11 is 12.9. The van der Waals surface area contributed by atoms with Crippen LogP contribution in [-0.2, 0) is 32.8 Å². The Hall–Kier alpha value is -3.11. The SMILES string of the molecule is CCNC(=O)C(Cc1ccccc1)N(Cc1c(Cl)cccc1Cl)C(=O)CN(c1ccccc1)S(=O)(=O)N(C)C. The number of carbonyl (C=O) groups excluding carboxylic acids is 2. The Morgan fingerprint density at radius 3 is 1.97 bits per heavy atom. The maximum atomic E-state index is 14.1. The summed E-state index contributed by atoms with van der Waals surface area (Å²) in [7, 11) is -1.27. The van der Waals surface area contributed by atoms with Gasteiger partial charge in [0.25, 0.3) is 0 Å². The van der Waals surface area contributed by atoms with Crippen molar-refractivity contribution in [2.75, 3.05) is 31.5 Å². The van der Waals surface area contributed by atoms with Crippen molar-refractivity contribution >= 4 is 50.9 Å². The van der Waals surface area contributed by atoms with E-state index in [1.165, 1.54) is 19.0 Å². The van der Waals surface area contributed by atoms with Gasteiger partial charge in [-0.3, -0.25) is 9.59 Å². The molecule has 11 heteroatoms. The van der Waals surface area contributed by atoms with Crippen LogP contribution in [-0.4, -0.2) is 62.7 Å². The van der Waals surface area contributed by atoms with Crippen LogP contribution in [0.5, 0.6) is 0 Å². The molecule has 8 nitrogen and oxygen atoms in total. The number of para-hydroxylation sites is 1. The van der Waals surface area contributed by atoms with Gasteiger partial charge in [0.1, 0.15) is 12.6 Å². The van der Waals surface area contributed by atoms with Crippen LogP contribution < -0.4 is 9.62 Å². The molecule has 3 aromatic carbocycles. The third-order valence-corrected chi connectivity index (χ3v) is 8.60. The Kier molecular flexibility index (Phi) is 10.8. The summed E-state index contributed by atoms with van der Waals surface area (Å²) in [5, 5.41) is 3.47. The van der Waals surface area contributed by atoms with Crippen LogP contribution in [0, 0.1) is 0 Å². The van der Waals surface area contributed by atoms with Gasteiger partial charge in [0, 0.05) is 49.2 Å². The van der Waals surface area contributed by atoms with Gasteiger partial charge in [-0.25, -0.2) is 4.31 Å². The molecule has 0 saturated heterocycles. The van der Waals surface area contributed by atoms with Crippen molar-refractivity contribution in [1.82, 2.24) is 14.5 Å². The van der Waals surface area contributed by atoms with Crippen LogP contribution in [0.15, 0.2) is 78.9 Å². The molecule has 3 rings (SSSR count). The van der Waals surface area contributed by atoms with Crippen LogP contribution in [0.1, 0.15) is 18.1 Å². The topological polar surface area (TPSA) is 90.0 Å². The average Bonchev–Trinajstić information content (AvgIpc) is 2.91. The van der Waals surface area contributed by atoms with Crippen molar-refractivity contribution in [2.45, 2.75) is 25.9 Å². The Labute approximate surface area is 240 Å². The van der Waals surface area contributed by atoms with Gasteiger partial charge in [0.2, 0.25) is 11.8 Å². The predicted molar refractivity (Wildman–Crippen MR) is 156 cm³/mol. The maximum absolute atomic E-state index is 14.1. The lowest BCUT2D eigenvalue weighted by Gasteiger charge is -2.34. The number of nitrogens with one attached hydrogen (secondary N) is 1. The first-order chi connectivity index (χ1) is 18.6. The zero-order valence-electron chi connectivity index (χ0n) is 22.1. The normalized spacial score (nSPS) is 12.2. The van der Waals surface area contributed by atoms with E-state index in [-0.39, 0.29) is 18.9 Å². The maximum Gasteiger partial charge on any atom is 0.304 e. The summed E-state index contributed by atoms with van der Waals surface area (Å²) in [6.07, 6.45) is 0.201. The predicted octanol–water partition coefficient (Wildman–Crippen LogP) is 4.38. The number of amides is 2. The van der Waals surface area contributed by atoms with E-state index in [4.69, 9.17) is 23.2 Å². The van der Waals surface area contributed by atoms with E-state index in [9.17, 15) is 18.0 Å². The molecule has 2 amide bonds. The van der Waals surface area contributed by atoms with Crippen LogP contribution in [0.4, 0.5) is 5.69 Å². The second-order valence-electron chi connectivity index (χ2n) is 8.95. The molecule has 1 atom stereocenters. The number of rotatable bonds is 12. The molecule has 39 heavy (non-hydrogen) atoms. The van der Waals surface area contributed by atoms with Crippen LogP contribution in [0.3, 0.4) is 0 Å². The minimum atomic E-state index is -4.06. The van der Waals surface area contributed by atoms with Gasteiger partial charge in [0.15, 0.2) is 0 Å². The minimum Gasteiger partial charge on any atom is -0.355 e. The summed E-state index contributed by atoms with van der Waals surface area (Å²) in [5.74, 6) is -0.966. The Balaban J connectivity index is 2.11. The van der Waals surface area contributed by atoms with Crippen LogP contribution in [0.2, 0.25) is 10.0 Å². The van der Waals surface area contributed by atoms with Crippen LogP contribution in [0.25, 0.3) is 0 Å². The van der Waals surface area contributed by atoms with Crippen molar-refractivity contribution in [1.29, 1.82) is 0 Å². The summed E-state index contributed by atoms with van der Waals surface area (Å²) in [5.41, 5.74) is 1.60. The highest BCUT2D eigenvalue weighted by atomic mass is 35.5. The zero-order valence-corrected chi connectivity index (χ0v) is 24.4. The first kappa shape index (κ1) is 30.4. The number of benzene rings is 3. The Morgan fingerprint density at radius 1 is 0.872 bits per heavy atom. The highest BCUT2D eigenvalue weighted by molar-refractivity contribution is 7.90. The molecule has 0 bridgehead atoms. The second-order valence-corrected chi connectivity index (χ2v) is 11.8. The fraction of sp³-hybridized carbons (Fsp3) is 0.286. The molecule has 208 valence electrons. The molecule has 0 saturated carbocycles. The molecular formula is C28H32Cl2N4O4S. The van der Waals surface area contributed by atoms with E-state index in [1.807, 2.05) is 30.3 Å². The van der Waals surface area contributed by atoms with Crippen molar-refractivity contribution in [3.8, 4) is 0 Å². The average molecular weight is 592 g/mol. The fourth-order valence-electron chi connectivity index (χ4n) is 4.01. The largest absolute Gasteiger partial charge is 0.355 e. The van der Waals surface area contributed by atoms with Crippen molar-refractivity contribution in [3.63, 3.8) is 0 Å². The molecule has 0 spiro atoms. The summed E-state index contributed by atoms with van der Waals surface area (Å²) in [6.45, 7) is 1.49. The number of anilines is 1. The minimum absolute atomic E-state index is 0.101. The van der Waals surface area contributed by atoms with E-state index in [1.54, 1.807) is 55.5 Å². The van der Waals surface area contributed by atoms with E-state index in [2.05, 4.69) is 5.32 Å². The number of hydrogen-bond acceptors (Lipinski definition) is 4. The molecule has 1 unspecified atom stereocenters. The zero-order chi connectivity index (χ0) is 28.6.